The molecule has 0 saturated heterocycles. The maximum Gasteiger partial charge on any atom is 0.185 e. The molecular weight excluding hydrogens is 248 g/mol. The number of carbonyl (C=O) groups is 1. The molecule has 0 N–H and O–H groups in total. The summed E-state index contributed by atoms with van der Waals surface area (Å²) in [5.41, 5.74) is 1.26. The number of benzene rings is 1. The third-order valence-electron chi connectivity index (χ3n) is 1.63. The Bertz CT molecular complexity index is 299. The first-order chi connectivity index (χ1) is 6.20. The van der Waals surface area contributed by atoms with Gasteiger partial charge in [0.25, 0.3) is 0 Å². The Morgan fingerprint density at radius 2 is 2.15 bits per heavy atom. The number of rotatable bonds is 3. The van der Waals surface area contributed by atoms with Crippen molar-refractivity contribution in [3.8, 4) is 0 Å². The van der Waals surface area contributed by atoms with Gasteiger partial charge in [-0.2, -0.15) is 0 Å². The van der Waals surface area contributed by atoms with Crippen LogP contribution < -0.4 is 0 Å². The minimum Gasteiger partial charge on any atom is -0.288 e. The molecule has 1 nitrogen and oxygen atoms in total. The minimum absolute atomic E-state index is 0.187. The molecule has 0 aromatic heterocycles. The standard InChI is InChI=1S/C10H11BrOS/c1-8(12)13-7-6-9-4-2-3-5-10(9)11/h2-5H,6-7H2,1H3. The fraction of sp³-hybridized carbons (Fsp3) is 0.300. The van der Waals surface area contributed by atoms with Crippen LogP contribution in [0.3, 0.4) is 0 Å². The first-order valence-corrected chi connectivity index (χ1v) is 5.85. The van der Waals surface area contributed by atoms with Crippen molar-refractivity contribution in [2.24, 2.45) is 0 Å². The molecule has 1 aromatic rings. The number of hydrogen-bond donors (Lipinski definition) is 0. The van der Waals surface area contributed by atoms with Crippen LogP contribution in [0.1, 0.15) is 12.5 Å². The summed E-state index contributed by atoms with van der Waals surface area (Å²) in [7, 11) is 0. The Kier molecular flexibility index (Phi) is 4.53. The van der Waals surface area contributed by atoms with Crippen molar-refractivity contribution >= 4 is 32.8 Å². The van der Waals surface area contributed by atoms with Crippen LogP contribution in [0.15, 0.2) is 28.7 Å². The van der Waals surface area contributed by atoms with Crippen LogP contribution >= 0.6 is 27.7 Å². The van der Waals surface area contributed by atoms with E-state index in [0.717, 1.165) is 16.6 Å². The summed E-state index contributed by atoms with van der Waals surface area (Å²) in [6, 6.07) is 8.10. The minimum atomic E-state index is 0.187. The second kappa shape index (κ2) is 5.45. The van der Waals surface area contributed by atoms with Crippen LogP contribution in [-0.2, 0) is 11.2 Å². The summed E-state index contributed by atoms with van der Waals surface area (Å²) in [4.78, 5) is 10.7. The molecule has 0 heterocycles. The van der Waals surface area contributed by atoms with Gasteiger partial charge in [-0.1, -0.05) is 45.9 Å². The number of hydrogen-bond acceptors (Lipinski definition) is 2. The molecular formula is C10H11BrOS. The average molecular weight is 259 g/mol. The number of aryl methyl sites for hydroxylation is 1. The van der Waals surface area contributed by atoms with Gasteiger partial charge in [0.2, 0.25) is 0 Å². The van der Waals surface area contributed by atoms with Crippen molar-refractivity contribution in [3.05, 3.63) is 34.3 Å². The SMILES string of the molecule is CC(=O)SCCc1ccccc1Br. The monoisotopic (exact) mass is 258 g/mol. The van der Waals surface area contributed by atoms with Crippen LogP contribution in [0.2, 0.25) is 0 Å². The van der Waals surface area contributed by atoms with Crippen molar-refractivity contribution < 1.29 is 4.79 Å². The topological polar surface area (TPSA) is 17.1 Å². The van der Waals surface area contributed by atoms with Crippen molar-refractivity contribution in [1.29, 1.82) is 0 Å². The zero-order valence-electron chi connectivity index (χ0n) is 7.42. The lowest BCUT2D eigenvalue weighted by atomic mass is 10.2. The Hall–Kier alpha value is -0.280. The van der Waals surface area contributed by atoms with Crippen LogP contribution in [0.4, 0.5) is 0 Å². The summed E-state index contributed by atoms with van der Waals surface area (Å²) < 4.78 is 1.12. The normalized spacial score (nSPS) is 10.0. The molecule has 1 aromatic carbocycles. The number of thioether (sulfide) groups is 1. The first-order valence-electron chi connectivity index (χ1n) is 4.07. The number of halogens is 1. The lowest BCUT2D eigenvalue weighted by molar-refractivity contribution is -0.109. The van der Waals surface area contributed by atoms with E-state index in [1.165, 1.54) is 17.3 Å². The van der Waals surface area contributed by atoms with Gasteiger partial charge in [0, 0.05) is 17.1 Å². The average Bonchev–Trinajstić information content (AvgIpc) is 2.08. The Balaban J connectivity index is 2.45. The van der Waals surface area contributed by atoms with E-state index in [0.29, 0.717) is 0 Å². The van der Waals surface area contributed by atoms with Crippen LogP contribution in [0, 0.1) is 0 Å². The fourth-order valence-corrected chi connectivity index (χ4v) is 2.10. The van der Waals surface area contributed by atoms with Gasteiger partial charge in [0.05, 0.1) is 0 Å². The van der Waals surface area contributed by atoms with Gasteiger partial charge in [-0.3, -0.25) is 4.79 Å². The Morgan fingerprint density at radius 3 is 2.77 bits per heavy atom. The van der Waals surface area contributed by atoms with E-state index in [1.54, 1.807) is 6.92 Å². The number of carbonyl (C=O) groups excluding carboxylic acids is 1. The van der Waals surface area contributed by atoms with Crippen LogP contribution in [-0.4, -0.2) is 10.9 Å². The van der Waals surface area contributed by atoms with Crippen molar-refractivity contribution in [2.75, 3.05) is 5.75 Å². The highest BCUT2D eigenvalue weighted by Crippen LogP contribution is 2.17. The molecule has 0 saturated carbocycles. The molecule has 3 heteroatoms. The lowest BCUT2D eigenvalue weighted by Gasteiger charge is -2.01. The second-order valence-corrected chi connectivity index (χ2v) is 4.81. The zero-order chi connectivity index (χ0) is 9.68. The maximum atomic E-state index is 10.7. The molecule has 13 heavy (non-hydrogen) atoms. The van der Waals surface area contributed by atoms with Crippen molar-refractivity contribution in [3.63, 3.8) is 0 Å². The molecule has 0 aliphatic rings. The zero-order valence-corrected chi connectivity index (χ0v) is 9.82. The van der Waals surface area contributed by atoms with Gasteiger partial charge in [-0.25, -0.2) is 0 Å². The summed E-state index contributed by atoms with van der Waals surface area (Å²) in [6.45, 7) is 1.60. The Morgan fingerprint density at radius 1 is 1.46 bits per heavy atom. The van der Waals surface area contributed by atoms with Gasteiger partial charge in [0.1, 0.15) is 0 Å². The van der Waals surface area contributed by atoms with Crippen LogP contribution in [0.25, 0.3) is 0 Å². The third-order valence-corrected chi connectivity index (χ3v) is 3.22. The molecule has 1 rings (SSSR count). The van der Waals surface area contributed by atoms with Crippen molar-refractivity contribution in [1.82, 2.24) is 0 Å². The summed E-state index contributed by atoms with van der Waals surface area (Å²) in [6.07, 6.45) is 0.936. The molecule has 0 aliphatic carbocycles. The summed E-state index contributed by atoms with van der Waals surface area (Å²) >= 11 is 4.84. The summed E-state index contributed by atoms with van der Waals surface area (Å²) in [5.74, 6) is 0.859. The molecule has 0 unspecified atom stereocenters. The van der Waals surface area contributed by atoms with Gasteiger partial charge in [-0.05, 0) is 18.1 Å². The second-order valence-electron chi connectivity index (χ2n) is 2.68. The maximum absolute atomic E-state index is 10.7. The quantitative estimate of drug-likeness (QED) is 0.828. The first kappa shape index (κ1) is 10.8. The molecule has 0 bridgehead atoms. The van der Waals surface area contributed by atoms with E-state index in [1.807, 2.05) is 18.2 Å². The van der Waals surface area contributed by atoms with Crippen molar-refractivity contribution in [2.45, 2.75) is 13.3 Å². The molecule has 0 atom stereocenters. The van der Waals surface area contributed by atoms with E-state index >= 15 is 0 Å². The van der Waals surface area contributed by atoms with Crippen LogP contribution in [0.5, 0.6) is 0 Å². The van der Waals surface area contributed by atoms with Gasteiger partial charge < -0.3 is 0 Å². The van der Waals surface area contributed by atoms with E-state index in [9.17, 15) is 4.79 Å². The lowest BCUT2D eigenvalue weighted by Crippen LogP contribution is -1.92. The molecule has 0 radical (unpaired) electrons. The smallest absolute Gasteiger partial charge is 0.185 e. The van der Waals surface area contributed by atoms with E-state index < -0.39 is 0 Å². The molecule has 0 aliphatic heterocycles. The van der Waals surface area contributed by atoms with E-state index in [-0.39, 0.29) is 5.12 Å². The van der Waals surface area contributed by atoms with Gasteiger partial charge in [-0.15, -0.1) is 0 Å². The molecule has 0 amide bonds. The highest BCUT2D eigenvalue weighted by molar-refractivity contribution is 9.10. The Labute approximate surface area is 91.0 Å². The summed E-state index contributed by atoms with van der Waals surface area (Å²) in [5, 5.41) is 0.187. The van der Waals surface area contributed by atoms with E-state index in [4.69, 9.17) is 0 Å². The molecule has 70 valence electrons. The predicted octanol–water partition coefficient (Wildman–Crippen LogP) is 3.27. The largest absolute Gasteiger partial charge is 0.288 e. The molecule has 0 spiro atoms. The molecule has 0 fully saturated rings. The highest BCUT2D eigenvalue weighted by Gasteiger charge is 1.99. The fourth-order valence-electron chi connectivity index (χ4n) is 1.01. The van der Waals surface area contributed by atoms with Gasteiger partial charge in [0.15, 0.2) is 5.12 Å². The van der Waals surface area contributed by atoms with E-state index in [2.05, 4.69) is 22.0 Å². The highest BCUT2D eigenvalue weighted by atomic mass is 79.9. The predicted molar refractivity (Wildman–Crippen MR) is 61.0 cm³/mol. The third kappa shape index (κ3) is 3.96. The van der Waals surface area contributed by atoms with Gasteiger partial charge >= 0.3 is 0 Å².